The summed E-state index contributed by atoms with van der Waals surface area (Å²) >= 11 is 0. The first-order valence-electron chi connectivity index (χ1n) is 25.5. The number of nitrogens with zero attached hydrogens (tertiary/aromatic N) is 2. The van der Waals surface area contributed by atoms with E-state index in [1.165, 1.54) is 144 Å². The van der Waals surface area contributed by atoms with E-state index in [1.807, 2.05) is 0 Å². The maximum absolute atomic E-state index is 2.53. The highest BCUT2D eigenvalue weighted by atomic mass is 15.0. The van der Waals surface area contributed by atoms with Gasteiger partial charge in [0.05, 0.1) is 22.1 Å². The Morgan fingerprint density at radius 2 is 0.736 bits per heavy atom. The standard InChI is InChI=1S/C70H54N2/c1-43-34-44(2)36-52(35-43)72-66-19-13-11-17-56(66)60-39-49(29-33-68(60)72)50-27-31-54-58-42-63-57(41-64(58)70(5,6)62(54)40-50)53-30-24-46(37-61(53)69(63,3)4)21-20-45-22-25-47(26-23-45)48-28-32-67-59(38-48)55-16-10-12-18-65(55)71(67)51-14-8-7-9-15-51/h7-42H,1-6H3. The maximum Gasteiger partial charge on any atom is 0.0541 e. The topological polar surface area (TPSA) is 9.86 Å². The summed E-state index contributed by atoms with van der Waals surface area (Å²) < 4.78 is 4.80. The van der Waals surface area contributed by atoms with Gasteiger partial charge in [0.25, 0.3) is 0 Å². The summed E-state index contributed by atoms with van der Waals surface area (Å²) in [4.78, 5) is 0. The van der Waals surface area contributed by atoms with E-state index >= 15 is 0 Å². The molecule has 344 valence electrons. The lowest BCUT2D eigenvalue weighted by Crippen LogP contribution is -2.17. The fourth-order valence-corrected chi connectivity index (χ4v) is 12.8. The van der Waals surface area contributed by atoms with Gasteiger partial charge in [0.15, 0.2) is 0 Å². The molecule has 0 bridgehead atoms. The minimum absolute atomic E-state index is 0.141. The molecular weight excluding hydrogens is 869 g/mol. The summed E-state index contributed by atoms with van der Waals surface area (Å²) in [6.07, 6.45) is 4.53. The molecule has 0 saturated heterocycles. The highest BCUT2D eigenvalue weighted by molar-refractivity contribution is 6.12. The lowest BCUT2D eigenvalue weighted by molar-refractivity contribution is 0.652. The first-order chi connectivity index (χ1) is 35.0. The zero-order valence-corrected chi connectivity index (χ0v) is 41.7. The SMILES string of the molecule is Cc1cc(C)cc(-n2c3ccccc3c3cc(-c4ccc5c(c4)C(C)(C)c4cc6c(cc4-5)C(C)(C)c4cc(C=Cc5ccc(-c7ccc8c(c7)c7ccccc7n8-c7ccccc7)cc5)ccc4-6)ccc32)c1. The molecule has 0 atom stereocenters. The summed E-state index contributed by atoms with van der Waals surface area (Å²) in [6, 6.07) is 77.4. The number of rotatable bonds is 6. The van der Waals surface area contributed by atoms with Crippen LogP contribution in [0.1, 0.15) is 72.2 Å². The fourth-order valence-electron chi connectivity index (χ4n) is 12.8. The Hall–Kier alpha value is -8.46. The number of hydrogen-bond acceptors (Lipinski definition) is 0. The third-order valence-corrected chi connectivity index (χ3v) is 16.4. The molecule has 72 heavy (non-hydrogen) atoms. The molecule has 12 aromatic rings. The first-order valence-corrected chi connectivity index (χ1v) is 25.5. The predicted octanol–water partition coefficient (Wildman–Crippen LogP) is 18.6. The van der Waals surface area contributed by atoms with Crippen LogP contribution < -0.4 is 0 Å². The molecule has 2 heteroatoms. The Morgan fingerprint density at radius 1 is 0.306 bits per heavy atom. The minimum atomic E-state index is -0.153. The van der Waals surface area contributed by atoms with Crippen molar-refractivity contribution in [3.63, 3.8) is 0 Å². The predicted molar refractivity (Wildman–Crippen MR) is 306 cm³/mol. The van der Waals surface area contributed by atoms with Crippen LogP contribution in [-0.2, 0) is 10.8 Å². The van der Waals surface area contributed by atoms with Gasteiger partial charge >= 0.3 is 0 Å². The molecule has 0 saturated carbocycles. The summed E-state index contributed by atoms with van der Waals surface area (Å²) in [5, 5.41) is 5.10. The van der Waals surface area contributed by atoms with Crippen LogP contribution in [0, 0.1) is 13.8 Å². The molecule has 2 aromatic heterocycles. The molecule has 2 aliphatic carbocycles. The second kappa shape index (κ2) is 15.5. The Balaban J connectivity index is 0.747. The third kappa shape index (κ3) is 6.35. The molecule has 2 heterocycles. The van der Waals surface area contributed by atoms with Crippen molar-refractivity contribution in [1.29, 1.82) is 0 Å². The molecule has 14 rings (SSSR count). The molecule has 2 nitrogen and oxygen atoms in total. The monoisotopic (exact) mass is 922 g/mol. The van der Waals surface area contributed by atoms with Crippen LogP contribution in [0.15, 0.2) is 206 Å². The van der Waals surface area contributed by atoms with Gasteiger partial charge < -0.3 is 9.13 Å². The van der Waals surface area contributed by atoms with Crippen molar-refractivity contribution in [2.45, 2.75) is 52.4 Å². The molecule has 0 unspecified atom stereocenters. The Kier molecular flexibility index (Phi) is 9.14. The molecule has 10 aromatic carbocycles. The largest absolute Gasteiger partial charge is 0.309 e. The maximum atomic E-state index is 2.53. The quantitative estimate of drug-likeness (QED) is 0.147. The van der Waals surface area contributed by atoms with Gasteiger partial charge in [-0.15, -0.1) is 0 Å². The summed E-state index contributed by atoms with van der Waals surface area (Å²) in [5.74, 6) is 0. The van der Waals surface area contributed by atoms with E-state index in [-0.39, 0.29) is 10.8 Å². The van der Waals surface area contributed by atoms with Crippen LogP contribution in [-0.4, -0.2) is 9.13 Å². The molecular formula is C70H54N2. The smallest absolute Gasteiger partial charge is 0.0541 e. The summed E-state index contributed by atoms with van der Waals surface area (Å²) in [6.45, 7) is 14.0. The zero-order chi connectivity index (χ0) is 48.6. The van der Waals surface area contributed by atoms with Crippen molar-refractivity contribution in [2.24, 2.45) is 0 Å². The van der Waals surface area contributed by atoms with Crippen molar-refractivity contribution in [3.8, 4) is 55.9 Å². The number of benzene rings is 10. The van der Waals surface area contributed by atoms with E-state index in [9.17, 15) is 0 Å². The van der Waals surface area contributed by atoms with Gasteiger partial charge in [-0.25, -0.2) is 0 Å². The lowest BCUT2D eigenvalue weighted by Gasteiger charge is -2.24. The second-order valence-electron chi connectivity index (χ2n) is 21.6. The third-order valence-electron chi connectivity index (χ3n) is 16.4. The van der Waals surface area contributed by atoms with E-state index in [0.29, 0.717) is 0 Å². The summed E-state index contributed by atoms with van der Waals surface area (Å²) in [7, 11) is 0. The number of aryl methyl sites for hydroxylation is 2. The minimum Gasteiger partial charge on any atom is -0.309 e. The second-order valence-corrected chi connectivity index (χ2v) is 21.6. The zero-order valence-electron chi connectivity index (χ0n) is 41.7. The van der Waals surface area contributed by atoms with Crippen molar-refractivity contribution in [3.05, 3.63) is 251 Å². The number of hydrogen-bond donors (Lipinski definition) is 0. The number of fused-ring (bicyclic) bond motifs is 12. The Bertz CT molecular complexity index is 4240. The van der Waals surface area contributed by atoms with E-state index < -0.39 is 0 Å². The van der Waals surface area contributed by atoms with E-state index in [2.05, 4.69) is 269 Å². The molecule has 0 spiro atoms. The number of para-hydroxylation sites is 3. The highest BCUT2D eigenvalue weighted by Crippen LogP contribution is 2.57. The molecule has 0 radical (unpaired) electrons. The number of aromatic nitrogens is 2. The van der Waals surface area contributed by atoms with Crippen LogP contribution in [0.25, 0.3) is 112 Å². The molecule has 0 amide bonds. The summed E-state index contributed by atoms with van der Waals surface area (Å²) in [5.41, 5.74) is 28.0. The van der Waals surface area contributed by atoms with Crippen molar-refractivity contribution in [2.75, 3.05) is 0 Å². The van der Waals surface area contributed by atoms with Gasteiger partial charge in [-0.2, -0.15) is 0 Å². The van der Waals surface area contributed by atoms with Gasteiger partial charge in [-0.05, 0) is 182 Å². The van der Waals surface area contributed by atoms with Crippen LogP contribution in [0.2, 0.25) is 0 Å². The van der Waals surface area contributed by atoms with Gasteiger partial charge in [0, 0.05) is 43.7 Å². The van der Waals surface area contributed by atoms with Gasteiger partial charge in [-0.1, -0.05) is 167 Å². The van der Waals surface area contributed by atoms with E-state index in [4.69, 9.17) is 0 Å². The van der Waals surface area contributed by atoms with Crippen molar-refractivity contribution < 1.29 is 0 Å². The van der Waals surface area contributed by atoms with E-state index in [1.54, 1.807) is 0 Å². The molecule has 2 aliphatic rings. The van der Waals surface area contributed by atoms with Crippen molar-refractivity contribution >= 4 is 55.8 Å². The fraction of sp³-hybridized carbons (Fsp3) is 0.114. The van der Waals surface area contributed by atoms with Crippen LogP contribution in [0.4, 0.5) is 0 Å². The van der Waals surface area contributed by atoms with Gasteiger partial charge in [0.2, 0.25) is 0 Å². The Labute approximate surface area is 421 Å². The molecule has 0 fully saturated rings. The van der Waals surface area contributed by atoms with Crippen LogP contribution in [0.5, 0.6) is 0 Å². The molecule has 0 N–H and O–H groups in total. The molecule has 0 aliphatic heterocycles. The van der Waals surface area contributed by atoms with Gasteiger partial charge in [0.1, 0.15) is 0 Å². The first kappa shape index (κ1) is 42.4. The van der Waals surface area contributed by atoms with E-state index in [0.717, 1.165) is 0 Å². The van der Waals surface area contributed by atoms with Crippen molar-refractivity contribution in [1.82, 2.24) is 9.13 Å². The van der Waals surface area contributed by atoms with Gasteiger partial charge in [-0.3, -0.25) is 0 Å². The lowest BCUT2D eigenvalue weighted by atomic mass is 9.79. The van der Waals surface area contributed by atoms with Crippen LogP contribution >= 0.6 is 0 Å². The normalized spacial score (nSPS) is 14.1. The average Bonchev–Trinajstić information content (AvgIpc) is 4.06. The average molecular weight is 923 g/mol. The highest BCUT2D eigenvalue weighted by Gasteiger charge is 2.42. The Morgan fingerprint density at radius 3 is 1.35 bits per heavy atom. The van der Waals surface area contributed by atoms with Crippen LogP contribution in [0.3, 0.4) is 0 Å².